The molecule has 0 spiro atoms. The van der Waals surface area contributed by atoms with E-state index < -0.39 is 0 Å². The molecule has 0 atom stereocenters. The SMILES string of the molecule is CC(=O)N1CCc2ccc(-c3cn[nH]c3N)cc21. The summed E-state index contributed by atoms with van der Waals surface area (Å²) in [6.45, 7) is 2.35. The van der Waals surface area contributed by atoms with Gasteiger partial charge in [-0.25, -0.2) is 0 Å². The van der Waals surface area contributed by atoms with Crippen molar-refractivity contribution >= 4 is 17.4 Å². The molecule has 0 saturated carbocycles. The first-order valence-corrected chi connectivity index (χ1v) is 5.87. The van der Waals surface area contributed by atoms with Crippen LogP contribution in [0.15, 0.2) is 24.4 Å². The second kappa shape index (κ2) is 3.87. The number of rotatable bonds is 1. The number of carbonyl (C=O) groups excluding carboxylic acids is 1. The Morgan fingerprint density at radius 3 is 3.00 bits per heavy atom. The first-order chi connectivity index (χ1) is 8.66. The van der Waals surface area contributed by atoms with Crippen molar-refractivity contribution in [3.63, 3.8) is 0 Å². The van der Waals surface area contributed by atoms with Crippen molar-refractivity contribution in [1.82, 2.24) is 10.2 Å². The molecule has 1 aliphatic rings. The van der Waals surface area contributed by atoms with Gasteiger partial charge in [-0.3, -0.25) is 9.89 Å². The van der Waals surface area contributed by atoms with Crippen LogP contribution in [0, 0.1) is 0 Å². The van der Waals surface area contributed by atoms with E-state index in [-0.39, 0.29) is 5.91 Å². The van der Waals surface area contributed by atoms with Crippen LogP contribution in [0.2, 0.25) is 0 Å². The maximum atomic E-state index is 11.6. The van der Waals surface area contributed by atoms with Gasteiger partial charge in [-0.1, -0.05) is 12.1 Å². The number of nitrogens with zero attached hydrogens (tertiary/aromatic N) is 2. The minimum atomic E-state index is 0.0751. The van der Waals surface area contributed by atoms with E-state index >= 15 is 0 Å². The summed E-state index contributed by atoms with van der Waals surface area (Å²) in [5.41, 5.74) is 9.85. The van der Waals surface area contributed by atoms with E-state index in [1.54, 1.807) is 18.0 Å². The zero-order valence-electron chi connectivity index (χ0n) is 10.1. The average Bonchev–Trinajstić information content (AvgIpc) is 2.93. The highest BCUT2D eigenvalue weighted by Crippen LogP contribution is 2.34. The van der Waals surface area contributed by atoms with E-state index in [9.17, 15) is 4.79 Å². The van der Waals surface area contributed by atoms with Crippen molar-refractivity contribution in [2.24, 2.45) is 0 Å². The summed E-state index contributed by atoms with van der Waals surface area (Å²) in [5.74, 6) is 0.619. The van der Waals surface area contributed by atoms with Crippen LogP contribution in [0.25, 0.3) is 11.1 Å². The maximum absolute atomic E-state index is 11.6. The molecular weight excluding hydrogens is 228 g/mol. The lowest BCUT2D eigenvalue weighted by Crippen LogP contribution is -2.25. The first-order valence-electron chi connectivity index (χ1n) is 5.87. The molecule has 1 aromatic carbocycles. The highest BCUT2D eigenvalue weighted by atomic mass is 16.2. The number of aromatic nitrogens is 2. The Labute approximate surface area is 105 Å². The number of anilines is 2. The van der Waals surface area contributed by atoms with Crippen molar-refractivity contribution < 1.29 is 4.79 Å². The van der Waals surface area contributed by atoms with Crippen LogP contribution >= 0.6 is 0 Å². The van der Waals surface area contributed by atoms with Crippen LogP contribution in [0.3, 0.4) is 0 Å². The maximum Gasteiger partial charge on any atom is 0.223 e. The fourth-order valence-electron chi connectivity index (χ4n) is 2.40. The van der Waals surface area contributed by atoms with Gasteiger partial charge < -0.3 is 10.6 Å². The summed E-state index contributed by atoms with van der Waals surface area (Å²) in [4.78, 5) is 13.4. The fraction of sp³-hybridized carbons (Fsp3) is 0.231. The Morgan fingerprint density at radius 2 is 2.33 bits per heavy atom. The molecule has 2 aromatic rings. The number of fused-ring (bicyclic) bond motifs is 1. The number of amides is 1. The van der Waals surface area contributed by atoms with Gasteiger partial charge >= 0.3 is 0 Å². The van der Waals surface area contributed by atoms with Crippen LogP contribution in [0.5, 0.6) is 0 Å². The van der Waals surface area contributed by atoms with Crippen molar-refractivity contribution in [2.45, 2.75) is 13.3 Å². The van der Waals surface area contributed by atoms with Crippen LogP contribution in [0.1, 0.15) is 12.5 Å². The van der Waals surface area contributed by atoms with Crippen LogP contribution in [-0.2, 0) is 11.2 Å². The minimum Gasteiger partial charge on any atom is -0.384 e. The third-order valence-corrected chi connectivity index (χ3v) is 3.34. The quantitative estimate of drug-likeness (QED) is 0.797. The molecule has 0 unspecified atom stereocenters. The normalized spacial score (nSPS) is 13.7. The van der Waals surface area contributed by atoms with Crippen molar-refractivity contribution in [3.8, 4) is 11.1 Å². The van der Waals surface area contributed by atoms with Gasteiger partial charge in [0, 0.05) is 24.7 Å². The molecule has 2 heterocycles. The highest BCUT2D eigenvalue weighted by Gasteiger charge is 2.22. The van der Waals surface area contributed by atoms with Gasteiger partial charge in [0.1, 0.15) is 5.82 Å². The molecule has 5 nitrogen and oxygen atoms in total. The van der Waals surface area contributed by atoms with Gasteiger partial charge in [0.15, 0.2) is 0 Å². The van der Waals surface area contributed by atoms with Gasteiger partial charge in [-0.05, 0) is 23.6 Å². The predicted molar refractivity (Wildman–Crippen MR) is 70.2 cm³/mol. The molecule has 3 rings (SSSR count). The molecule has 18 heavy (non-hydrogen) atoms. The monoisotopic (exact) mass is 242 g/mol. The van der Waals surface area contributed by atoms with Gasteiger partial charge in [0.2, 0.25) is 5.91 Å². The lowest BCUT2D eigenvalue weighted by molar-refractivity contribution is -0.116. The van der Waals surface area contributed by atoms with Crippen LogP contribution in [-0.4, -0.2) is 22.6 Å². The molecule has 0 fully saturated rings. The lowest BCUT2D eigenvalue weighted by atomic mass is 10.0. The van der Waals surface area contributed by atoms with Crippen LogP contribution < -0.4 is 10.6 Å². The average molecular weight is 242 g/mol. The van der Waals surface area contributed by atoms with Gasteiger partial charge in [-0.15, -0.1) is 0 Å². The molecule has 3 N–H and O–H groups in total. The Bertz CT molecular complexity index is 617. The number of nitrogens with one attached hydrogen (secondary N) is 1. The zero-order valence-corrected chi connectivity index (χ0v) is 10.1. The summed E-state index contributed by atoms with van der Waals surface area (Å²) >= 11 is 0. The first kappa shape index (κ1) is 10.8. The van der Waals surface area contributed by atoms with E-state index in [0.717, 1.165) is 29.8 Å². The number of benzene rings is 1. The van der Waals surface area contributed by atoms with Crippen molar-refractivity contribution in [2.75, 3.05) is 17.2 Å². The summed E-state index contributed by atoms with van der Waals surface area (Å²) in [6, 6.07) is 6.08. The Hall–Kier alpha value is -2.30. The van der Waals surface area contributed by atoms with Gasteiger partial charge in [0.25, 0.3) is 0 Å². The number of hydrogen-bond acceptors (Lipinski definition) is 3. The topological polar surface area (TPSA) is 75.0 Å². The molecule has 0 radical (unpaired) electrons. The number of hydrogen-bond donors (Lipinski definition) is 2. The number of aromatic amines is 1. The lowest BCUT2D eigenvalue weighted by Gasteiger charge is -2.15. The number of carbonyl (C=O) groups is 1. The van der Waals surface area contributed by atoms with Crippen molar-refractivity contribution in [1.29, 1.82) is 0 Å². The molecule has 0 aliphatic carbocycles. The van der Waals surface area contributed by atoms with E-state index in [4.69, 9.17) is 5.73 Å². The molecule has 1 amide bonds. The second-order valence-electron chi connectivity index (χ2n) is 4.46. The Balaban J connectivity index is 2.09. The standard InChI is InChI=1S/C13H14N4O/c1-8(18)17-5-4-9-2-3-10(6-12(9)17)11-7-15-16-13(11)14/h2-3,6-7H,4-5H2,1H3,(H3,14,15,16). The van der Waals surface area contributed by atoms with Crippen molar-refractivity contribution in [3.05, 3.63) is 30.0 Å². The molecule has 5 heteroatoms. The molecule has 1 aromatic heterocycles. The minimum absolute atomic E-state index is 0.0751. The van der Waals surface area contributed by atoms with Gasteiger partial charge in [0.05, 0.1) is 6.20 Å². The summed E-state index contributed by atoms with van der Waals surface area (Å²) in [7, 11) is 0. The molecule has 1 aliphatic heterocycles. The third-order valence-electron chi connectivity index (χ3n) is 3.34. The Morgan fingerprint density at radius 1 is 1.50 bits per heavy atom. The van der Waals surface area contributed by atoms with Gasteiger partial charge in [-0.2, -0.15) is 5.10 Å². The van der Waals surface area contributed by atoms with Crippen LogP contribution in [0.4, 0.5) is 11.5 Å². The number of nitrogens with two attached hydrogens (primary N) is 1. The smallest absolute Gasteiger partial charge is 0.223 e. The van der Waals surface area contributed by atoms with E-state index in [1.807, 2.05) is 12.1 Å². The number of H-pyrrole nitrogens is 1. The molecule has 92 valence electrons. The summed E-state index contributed by atoms with van der Waals surface area (Å²) < 4.78 is 0. The summed E-state index contributed by atoms with van der Waals surface area (Å²) in [5, 5.41) is 6.63. The largest absolute Gasteiger partial charge is 0.384 e. The number of nitrogen functional groups attached to an aromatic ring is 1. The molecular formula is C13H14N4O. The second-order valence-corrected chi connectivity index (χ2v) is 4.46. The molecule has 0 saturated heterocycles. The molecule has 0 bridgehead atoms. The highest BCUT2D eigenvalue weighted by molar-refractivity contribution is 5.95. The Kier molecular flexibility index (Phi) is 2.33. The predicted octanol–water partition coefficient (Wildman–Crippen LogP) is 1.57. The van der Waals surface area contributed by atoms with E-state index in [1.165, 1.54) is 5.56 Å². The van der Waals surface area contributed by atoms with E-state index in [0.29, 0.717) is 5.82 Å². The summed E-state index contributed by atoms with van der Waals surface area (Å²) in [6.07, 6.45) is 2.61. The zero-order chi connectivity index (χ0) is 12.7. The third kappa shape index (κ3) is 1.55. The fourth-order valence-corrected chi connectivity index (χ4v) is 2.40. The van der Waals surface area contributed by atoms with E-state index in [2.05, 4.69) is 16.3 Å².